The van der Waals surface area contributed by atoms with E-state index in [-0.39, 0.29) is 18.2 Å². The maximum Gasteiger partial charge on any atom is 0.125 e. The molecule has 1 saturated carbocycles. The molecule has 0 radical (unpaired) electrons. The van der Waals surface area contributed by atoms with E-state index in [4.69, 9.17) is 9.57 Å². The summed E-state index contributed by atoms with van der Waals surface area (Å²) in [5.41, 5.74) is 1.30. The van der Waals surface area contributed by atoms with Crippen molar-refractivity contribution in [1.29, 1.82) is 0 Å². The third kappa shape index (κ3) is 3.01. The summed E-state index contributed by atoms with van der Waals surface area (Å²) in [6.45, 7) is 5.23. The number of hydrogen-bond donors (Lipinski definition) is 2. The highest BCUT2D eigenvalue weighted by Gasteiger charge is 2.53. The van der Waals surface area contributed by atoms with Crippen LogP contribution in [-0.4, -0.2) is 46.8 Å². The van der Waals surface area contributed by atoms with Gasteiger partial charge in [-0.3, -0.25) is 4.84 Å². The van der Waals surface area contributed by atoms with Crippen molar-refractivity contribution < 1.29 is 14.7 Å². The molecule has 18 heavy (non-hydrogen) atoms. The van der Waals surface area contributed by atoms with Gasteiger partial charge in [0.05, 0.1) is 11.7 Å². The molecule has 0 aromatic heterocycles. The van der Waals surface area contributed by atoms with Crippen LogP contribution in [0.5, 0.6) is 0 Å². The van der Waals surface area contributed by atoms with Crippen LogP contribution >= 0.6 is 0 Å². The lowest BCUT2D eigenvalue weighted by molar-refractivity contribution is -0.164. The lowest BCUT2D eigenvalue weighted by Crippen LogP contribution is -2.46. The zero-order valence-corrected chi connectivity index (χ0v) is 11.5. The highest BCUT2D eigenvalue weighted by atomic mass is 16.7. The van der Waals surface area contributed by atoms with Gasteiger partial charge in [-0.15, -0.1) is 0 Å². The average molecular weight is 259 g/mol. The maximum absolute atomic E-state index is 11.3. The molecule has 106 valence electrons. The predicted octanol–water partition coefficient (Wildman–Crippen LogP) is 0.744. The van der Waals surface area contributed by atoms with Crippen LogP contribution in [0.4, 0.5) is 0 Å². The molecule has 4 unspecified atom stereocenters. The van der Waals surface area contributed by atoms with Crippen LogP contribution in [-0.2, 0) is 9.57 Å². The van der Waals surface area contributed by atoms with E-state index in [1.54, 1.807) is 13.8 Å². The maximum atomic E-state index is 11.3. The Morgan fingerprint density at radius 1 is 1.56 bits per heavy atom. The Morgan fingerprint density at radius 3 is 2.83 bits per heavy atom. The van der Waals surface area contributed by atoms with Gasteiger partial charge >= 0.3 is 0 Å². The van der Waals surface area contributed by atoms with Gasteiger partial charge in [-0.05, 0) is 47.1 Å². The summed E-state index contributed by atoms with van der Waals surface area (Å²) in [4.78, 5) is 5.45. The molecule has 6 nitrogen and oxygen atoms in total. The van der Waals surface area contributed by atoms with Gasteiger partial charge in [0.25, 0.3) is 0 Å². The summed E-state index contributed by atoms with van der Waals surface area (Å²) < 4.78 is 5.47. The number of rotatable bonds is 4. The fourth-order valence-electron chi connectivity index (χ4n) is 2.27. The number of hydrogen-bond acceptors (Lipinski definition) is 6. The second-order valence-electron chi connectivity index (χ2n) is 6.09. The van der Waals surface area contributed by atoms with E-state index < -0.39 is 11.3 Å². The largest absolute Gasteiger partial charge is 0.783 e. The van der Waals surface area contributed by atoms with Gasteiger partial charge in [-0.1, -0.05) is 0 Å². The average Bonchev–Trinajstić information content (AvgIpc) is 3.01. The number of aliphatic hydroxyl groups is 1. The first-order valence-electron chi connectivity index (χ1n) is 6.45. The molecule has 0 amide bonds. The van der Waals surface area contributed by atoms with Crippen LogP contribution in [0.3, 0.4) is 0 Å². The molecule has 6 heteroatoms. The van der Waals surface area contributed by atoms with Crippen molar-refractivity contribution in [3.63, 3.8) is 0 Å². The van der Waals surface area contributed by atoms with E-state index in [0.717, 1.165) is 17.9 Å². The van der Waals surface area contributed by atoms with Crippen LogP contribution in [0.1, 0.15) is 40.0 Å². The fourth-order valence-corrected chi connectivity index (χ4v) is 2.27. The monoisotopic (exact) mass is 259 g/mol. The van der Waals surface area contributed by atoms with Gasteiger partial charge in [0.2, 0.25) is 0 Å². The molecule has 1 heterocycles. The first-order valence-corrected chi connectivity index (χ1v) is 6.45. The van der Waals surface area contributed by atoms with E-state index in [1.807, 2.05) is 6.92 Å². The van der Waals surface area contributed by atoms with Crippen molar-refractivity contribution in [2.75, 3.05) is 7.05 Å². The van der Waals surface area contributed by atoms with E-state index >= 15 is 0 Å². The first kappa shape index (κ1) is 14.2. The second-order valence-corrected chi connectivity index (χ2v) is 6.09. The molecule has 1 aliphatic heterocycles. The summed E-state index contributed by atoms with van der Waals surface area (Å²) in [7, 11) is 1.43. The number of ether oxygens (including phenoxy) is 1. The molecule has 2 rings (SSSR count). The quantitative estimate of drug-likeness (QED) is 0.440. The topological polar surface area (TPSA) is 80.3 Å². The van der Waals surface area contributed by atoms with Crippen LogP contribution in [0.2, 0.25) is 0 Å². The Kier molecular flexibility index (Phi) is 3.70. The van der Waals surface area contributed by atoms with E-state index in [9.17, 15) is 10.3 Å². The third-order valence-corrected chi connectivity index (χ3v) is 3.94. The zero-order valence-electron chi connectivity index (χ0n) is 11.5. The lowest BCUT2D eigenvalue weighted by Gasteiger charge is -2.40. The lowest BCUT2D eigenvalue weighted by atomic mass is 9.97. The third-order valence-electron chi connectivity index (χ3n) is 3.94. The number of nitrogens with zero attached hydrogens (tertiary/aromatic N) is 1. The van der Waals surface area contributed by atoms with Crippen molar-refractivity contribution in [2.24, 2.45) is 0 Å². The Bertz CT molecular complexity index is 306. The normalized spacial score (nSPS) is 40.5. The molecule has 2 N–H and O–H groups in total. The van der Waals surface area contributed by atoms with Crippen LogP contribution in [0.25, 0.3) is 0 Å². The van der Waals surface area contributed by atoms with Gasteiger partial charge in [0, 0.05) is 6.04 Å². The fraction of sp³-hybridized carbons (Fsp3) is 1.00. The van der Waals surface area contributed by atoms with Gasteiger partial charge in [0.1, 0.15) is 11.8 Å². The molecule has 2 aliphatic rings. The van der Waals surface area contributed by atoms with Gasteiger partial charge in [-0.25, -0.2) is 0 Å². The predicted molar refractivity (Wildman–Crippen MR) is 66.4 cm³/mol. The SMILES string of the molecule is CN([O-])C(C)(C)ONC1CCC(C)(O)C2OC2C1. The van der Waals surface area contributed by atoms with Crippen molar-refractivity contribution >= 4 is 0 Å². The Labute approximate surface area is 108 Å². The molecule has 2 fully saturated rings. The minimum absolute atomic E-state index is 0.0421. The van der Waals surface area contributed by atoms with Crippen LogP contribution in [0, 0.1) is 5.21 Å². The highest BCUT2D eigenvalue weighted by Crippen LogP contribution is 2.41. The number of fused-ring (bicyclic) bond motifs is 1. The smallest absolute Gasteiger partial charge is 0.125 e. The Hall–Kier alpha value is -0.240. The van der Waals surface area contributed by atoms with Crippen molar-refractivity contribution in [1.82, 2.24) is 10.5 Å². The first-order chi connectivity index (χ1) is 8.22. The molecule has 0 aromatic carbocycles. The molecule has 4 atom stereocenters. The van der Waals surface area contributed by atoms with E-state index in [1.165, 1.54) is 7.05 Å². The molecule has 0 aromatic rings. The van der Waals surface area contributed by atoms with E-state index in [0.29, 0.717) is 6.42 Å². The molecular weight excluding hydrogens is 236 g/mol. The van der Waals surface area contributed by atoms with Crippen molar-refractivity contribution in [3.05, 3.63) is 5.21 Å². The highest BCUT2D eigenvalue weighted by molar-refractivity contribution is 5.03. The van der Waals surface area contributed by atoms with Crippen molar-refractivity contribution in [3.8, 4) is 0 Å². The summed E-state index contributed by atoms with van der Waals surface area (Å²) >= 11 is 0. The molecule has 0 bridgehead atoms. The molecular formula is C12H23N2O4-. The summed E-state index contributed by atoms with van der Waals surface area (Å²) in [5, 5.41) is 22.2. The van der Waals surface area contributed by atoms with Gasteiger partial charge in [0.15, 0.2) is 0 Å². The second kappa shape index (κ2) is 4.70. The number of epoxide rings is 1. The molecule has 1 saturated heterocycles. The summed E-state index contributed by atoms with van der Waals surface area (Å²) in [6, 6.07) is 0.105. The zero-order chi connectivity index (χ0) is 13.6. The Morgan fingerprint density at radius 2 is 2.22 bits per heavy atom. The summed E-state index contributed by atoms with van der Waals surface area (Å²) in [6.07, 6.45) is 2.35. The Balaban J connectivity index is 1.84. The van der Waals surface area contributed by atoms with Gasteiger partial charge in [-0.2, -0.15) is 5.48 Å². The summed E-state index contributed by atoms with van der Waals surface area (Å²) in [5.74, 6) is 0. The molecule has 1 aliphatic carbocycles. The molecule has 0 spiro atoms. The minimum atomic E-state index is -0.904. The number of nitrogens with one attached hydrogen (secondary N) is 1. The minimum Gasteiger partial charge on any atom is -0.783 e. The van der Waals surface area contributed by atoms with Gasteiger partial charge < -0.3 is 20.1 Å². The number of hydroxylamine groups is 3. The van der Waals surface area contributed by atoms with E-state index in [2.05, 4.69) is 5.48 Å². The van der Waals surface area contributed by atoms with Crippen LogP contribution in [0.15, 0.2) is 0 Å². The van der Waals surface area contributed by atoms with Crippen LogP contribution < -0.4 is 5.48 Å². The standard InChI is InChI=1S/C12H23N2O4/c1-11(2,14(4)16)18-13-8-5-6-12(3,15)10-9(7-8)17-10/h8-10,13,15H,5-7H2,1-4H3/q-1. The van der Waals surface area contributed by atoms with Crippen molar-refractivity contribution in [2.45, 2.75) is 69.6 Å².